The average molecular weight is 458 g/mol. The normalized spacial score (nSPS) is 18.1. The van der Waals surface area contributed by atoms with Crippen LogP contribution in [0.3, 0.4) is 0 Å². The molecule has 0 amide bonds. The number of benzene rings is 1. The van der Waals surface area contributed by atoms with Gasteiger partial charge in [0.1, 0.15) is 0 Å². The number of nitro groups is 1. The monoisotopic (exact) mass is 457 g/mol. The van der Waals surface area contributed by atoms with E-state index >= 15 is 0 Å². The van der Waals surface area contributed by atoms with Crippen molar-refractivity contribution in [2.24, 2.45) is 5.92 Å². The molecular weight excluding hydrogens is 434 g/mol. The van der Waals surface area contributed by atoms with Crippen molar-refractivity contribution in [3.8, 4) is 0 Å². The van der Waals surface area contributed by atoms with Crippen molar-refractivity contribution in [1.82, 2.24) is 14.5 Å². The van der Waals surface area contributed by atoms with E-state index in [0.29, 0.717) is 27.5 Å². The number of piperidine rings is 1. The molecule has 1 N–H and O–H groups in total. The van der Waals surface area contributed by atoms with E-state index in [1.165, 1.54) is 27.8 Å². The molecule has 3 rings (SSSR count). The van der Waals surface area contributed by atoms with E-state index in [1.54, 1.807) is 0 Å². The van der Waals surface area contributed by atoms with Gasteiger partial charge < -0.3 is 5.32 Å². The zero-order valence-electron chi connectivity index (χ0n) is 16.4. The minimum atomic E-state index is -3.77. The zero-order chi connectivity index (χ0) is 21.2. The molecule has 1 saturated heterocycles. The van der Waals surface area contributed by atoms with Crippen LogP contribution in [0.15, 0.2) is 32.3 Å². The van der Waals surface area contributed by atoms with Crippen molar-refractivity contribution in [2.45, 2.75) is 53.8 Å². The molecule has 1 fully saturated rings. The Kier molecular flexibility index (Phi) is 6.76. The molecule has 1 atom stereocenters. The van der Waals surface area contributed by atoms with E-state index in [-0.39, 0.29) is 22.5 Å². The summed E-state index contributed by atoms with van der Waals surface area (Å²) in [6.45, 7) is 6.83. The first-order valence-corrected chi connectivity index (χ1v) is 12.3. The second kappa shape index (κ2) is 8.94. The molecule has 12 heteroatoms. The quantitative estimate of drug-likeness (QED) is 0.492. The van der Waals surface area contributed by atoms with E-state index in [0.717, 1.165) is 30.7 Å². The van der Waals surface area contributed by atoms with Crippen molar-refractivity contribution in [3.05, 3.63) is 28.3 Å². The number of sulfonamides is 1. The molecule has 0 spiro atoms. The summed E-state index contributed by atoms with van der Waals surface area (Å²) in [5.41, 5.74) is -0.255. The summed E-state index contributed by atoms with van der Waals surface area (Å²) in [6.07, 6.45) is 1.78. The summed E-state index contributed by atoms with van der Waals surface area (Å²) in [5, 5.41) is 23.4. The highest BCUT2D eigenvalue weighted by atomic mass is 32.2. The van der Waals surface area contributed by atoms with Crippen LogP contribution in [0.1, 0.15) is 33.6 Å². The van der Waals surface area contributed by atoms with E-state index in [9.17, 15) is 18.5 Å². The van der Waals surface area contributed by atoms with Gasteiger partial charge >= 0.3 is 0 Å². The molecule has 0 bridgehead atoms. The molecule has 2 aromatic rings. The van der Waals surface area contributed by atoms with Gasteiger partial charge in [0, 0.05) is 25.2 Å². The molecule has 1 aromatic heterocycles. The number of hydrogen-bond acceptors (Lipinski definition) is 9. The van der Waals surface area contributed by atoms with E-state index in [2.05, 4.69) is 15.5 Å². The van der Waals surface area contributed by atoms with Crippen molar-refractivity contribution in [2.75, 3.05) is 18.4 Å². The lowest BCUT2D eigenvalue weighted by atomic mass is 10.0. The van der Waals surface area contributed by atoms with Gasteiger partial charge in [-0.25, -0.2) is 8.42 Å². The number of rotatable bonds is 7. The Morgan fingerprint density at radius 2 is 2.14 bits per heavy atom. The Morgan fingerprint density at radius 1 is 1.38 bits per heavy atom. The third kappa shape index (κ3) is 5.24. The van der Waals surface area contributed by atoms with E-state index in [4.69, 9.17) is 0 Å². The molecule has 0 aliphatic carbocycles. The molecule has 158 valence electrons. The maximum atomic E-state index is 13.0. The number of nitrogens with one attached hydrogen (secondary N) is 1. The van der Waals surface area contributed by atoms with Crippen LogP contribution >= 0.6 is 23.1 Å². The molecule has 9 nitrogen and oxygen atoms in total. The summed E-state index contributed by atoms with van der Waals surface area (Å²) in [7, 11) is -3.77. The summed E-state index contributed by atoms with van der Waals surface area (Å²) in [5.74, 6) is 0.273. The first kappa shape index (κ1) is 21.9. The Morgan fingerprint density at radius 3 is 2.79 bits per heavy atom. The van der Waals surface area contributed by atoms with Crippen molar-refractivity contribution in [1.29, 1.82) is 0 Å². The van der Waals surface area contributed by atoms with Gasteiger partial charge in [-0.2, -0.15) is 4.31 Å². The lowest BCUT2D eigenvalue weighted by molar-refractivity contribution is -0.388. The Labute approximate surface area is 178 Å². The summed E-state index contributed by atoms with van der Waals surface area (Å²) < 4.78 is 27.9. The second-order valence-corrected chi connectivity index (χ2v) is 11.5. The highest BCUT2D eigenvalue weighted by molar-refractivity contribution is 8.01. The van der Waals surface area contributed by atoms with Gasteiger partial charge in [-0.3, -0.25) is 10.1 Å². The summed E-state index contributed by atoms with van der Waals surface area (Å²) in [6, 6.07) is 4.24. The van der Waals surface area contributed by atoms with Crippen LogP contribution in [0.4, 0.5) is 10.8 Å². The predicted molar refractivity (Wildman–Crippen MR) is 113 cm³/mol. The van der Waals surface area contributed by atoms with E-state index < -0.39 is 14.9 Å². The molecule has 1 aromatic carbocycles. The fraction of sp³-hybridized carbons (Fsp3) is 0.529. The first-order valence-electron chi connectivity index (χ1n) is 9.23. The predicted octanol–water partition coefficient (Wildman–Crippen LogP) is 3.84. The molecule has 2 heterocycles. The van der Waals surface area contributed by atoms with Crippen molar-refractivity contribution < 1.29 is 13.3 Å². The SMILES string of the molecule is CC1CCCN(S(=O)(=O)c2ccc(Sc3nnc(NC(C)C)s3)c([N+](=O)[O-])c2)C1. The smallest absolute Gasteiger partial charge is 0.284 e. The van der Waals surface area contributed by atoms with Crippen LogP contribution in [0.2, 0.25) is 0 Å². The largest absolute Gasteiger partial charge is 0.358 e. The zero-order valence-corrected chi connectivity index (χ0v) is 18.8. The number of aromatic nitrogens is 2. The first-order chi connectivity index (χ1) is 13.7. The Bertz CT molecular complexity index is 993. The summed E-state index contributed by atoms with van der Waals surface area (Å²) in [4.78, 5) is 11.3. The number of nitro benzene ring substituents is 1. The Hall–Kier alpha value is -1.76. The van der Waals surface area contributed by atoms with Gasteiger partial charge in [0.2, 0.25) is 15.2 Å². The van der Waals surface area contributed by atoms with Crippen LogP contribution < -0.4 is 5.32 Å². The third-order valence-corrected chi connectivity index (χ3v) is 8.23. The van der Waals surface area contributed by atoms with Crippen LogP contribution in [0, 0.1) is 16.0 Å². The molecular formula is C17H23N5O4S3. The molecule has 1 aliphatic rings. The lowest BCUT2D eigenvalue weighted by Crippen LogP contribution is -2.39. The fourth-order valence-electron chi connectivity index (χ4n) is 3.05. The number of nitrogens with zero attached hydrogens (tertiary/aromatic N) is 4. The molecule has 0 radical (unpaired) electrons. The molecule has 29 heavy (non-hydrogen) atoms. The van der Waals surface area contributed by atoms with Crippen LogP contribution in [-0.2, 0) is 10.0 Å². The molecule has 1 unspecified atom stereocenters. The number of anilines is 1. The van der Waals surface area contributed by atoms with Gasteiger partial charge in [0.15, 0.2) is 4.34 Å². The van der Waals surface area contributed by atoms with Crippen LogP contribution in [0.5, 0.6) is 0 Å². The third-order valence-electron chi connectivity index (χ3n) is 4.40. The Balaban J connectivity index is 1.87. The van der Waals surface area contributed by atoms with Crippen molar-refractivity contribution >= 4 is 43.9 Å². The number of hydrogen-bond donors (Lipinski definition) is 1. The van der Waals surface area contributed by atoms with E-state index in [1.807, 2.05) is 20.8 Å². The van der Waals surface area contributed by atoms with Gasteiger partial charge in [0.25, 0.3) is 5.69 Å². The summed E-state index contributed by atoms with van der Waals surface area (Å²) >= 11 is 2.39. The average Bonchev–Trinajstić information content (AvgIpc) is 3.07. The van der Waals surface area contributed by atoms with Crippen LogP contribution in [-0.4, -0.2) is 47.0 Å². The maximum Gasteiger partial charge on any atom is 0.284 e. The minimum Gasteiger partial charge on any atom is -0.358 e. The lowest BCUT2D eigenvalue weighted by Gasteiger charge is -2.30. The van der Waals surface area contributed by atoms with Gasteiger partial charge in [-0.15, -0.1) is 10.2 Å². The fourth-order valence-corrected chi connectivity index (χ4v) is 6.61. The van der Waals surface area contributed by atoms with Gasteiger partial charge in [-0.05, 0) is 56.5 Å². The topological polar surface area (TPSA) is 118 Å². The second-order valence-electron chi connectivity index (χ2n) is 7.27. The maximum absolute atomic E-state index is 13.0. The van der Waals surface area contributed by atoms with Gasteiger partial charge in [-0.1, -0.05) is 18.3 Å². The standard InChI is InChI=1S/C17H23N5O4S3/c1-11(2)18-16-19-20-17(28-16)27-15-7-6-13(9-14(15)22(23)24)29(25,26)21-8-4-5-12(3)10-21/h6-7,9,11-12H,4-5,8,10H2,1-3H3,(H,18,19). The van der Waals surface area contributed by atoms with Crippen LogP contribution in [0.25, 0.3) is 0 Å². The van der Waals surface area contributed by atoms with Crippen molar-refractivity contribution in [3.63, 3.8) is 0 Å². The molecule has 0 saturated carbocycles. The highest BCUT2D eigenvalue weighted by Crippen LogP contribution is 2.39. The van der Waals surface area contributed by atoms with Gasteiger partial charge in [0.05, 0.1) is 14.7 Å². The minimum absolute atomic E-state index is 0.0536. The molecule has 1 aliphatic heterocycles. The highest BCUT2D eigenvalue weighted by Gasteiger charge is 2.30.